The number of carbonyl (C=O) groups is 1. The molecule has 0 aliphatic carbocycles. The Morgan fingerprint density at radius 2 is 2.07 bits per heavy atom. The van der Waals surface area contributed by atoms with Gasteiger partial charge in [0.05, 0.1) is 0 Å². The van der Waals surface area contributed by atoms with Crippen LogP contribution in [0.5, 0.6) is 5.75 Å². The Morgan fingerprint density at radius 3 is 2.57 bits per heavy atom. The van der Waals surface area contributed by atoms with Crippen molar-refractivity contribution in [3.8, 4) is 5.75 Å². The van der Waals surface area contributed by atoms with E-state index in [4.69, 9.17) is 16.7 Å². The predicted octanol–water partition coefficient (Wildman–Crippen LogP) is 1.34. The minimum atomic E-state index is -2.14. The first-order chi connectivity index (χ1) is 6.35. The molecule has 4 nitrogen and oxygen atoms in total. The highest BCUT2D eigenvalue weighted by atomic mass is 35.5. The monoisotopic (exact) mass is 216 g/mol. The molecule has 76 valence electrons. The fourth-order valence-corrected chi connectivity index (χ4v) is 1.19. The summed E-state index contributed by atoms with van der Waals surface area (Å²) in [5.41, 5.74) is -2.27. The van der Waals surface area contributed by atoms with Gasteiger partial charge in [-0.15, -0.1) is 0 Å². The molecule has 3 N–H and O–H groups in total. The Kier molecular flexibility index (Phi) is 2.69. The average molecular weight is 217 g/mol. The molecule has 0 aliphatic heterocycles. The van der Waals surface area contributed by atoms with Gasteiger partial charge in [0.2, 0.25) is 0 Å². The van der Waals surface area contributed by atoms with Crippen LogP contribution >= 0.6 is 11.6 Å². The molecule has 0 bridgehead atoms. The molecule has 0 fully saturated rings. The van der Waals surface area contributed by atoms with Crippen LogP contribution in [-0.2, 0) is 10.4 Å². The maximum absolute atomic E-state index is 10.7. The largest absolute Gasteiger partial charge is 0.508 e. The summed E-state index contributed by atoms with van der Waals surface area (Å²) in [6, 6.07) is 3.85. The summed E-state index contributed by atoms with van der Waals surface area (Å²) in [6.07, 6.45) is 0. The summed E-state index contributed by atoms with van der Waals surface area (Å²) >= 11 is 5.61. The van der Waals surface area contributed by atoms with Crippen LogP contribution in [0.25, 0.3) is 0 Å². The van der Waals surface area contributed by atoms with E-state index in [1.165, 1.54) is 18.2 Å². The number of rotatable bonds is 2. The lowest BCUT2D eigenvalue weighted by molar-refractivity contribution is -0.157. The predicted molar refractivity (Wildman–Crippen MR) is 50.3 cm³/mol. The number of benzene rings is 1. The van der Waals surface area contributed by atoms with Crippen molar-refractivity contribution in [3.63, 3.8) is 0 Å². The standard InChI is InChI=1S/C9H9ClO4/c1-9(14,8(12)13)6-4-5(10)2-3-7(6)11/h2-4,11,14H,1H3,(H,12,13). The van der Waals surface area contributed by atoms with Crippen molar-refractivity contribution in [1.82, 2.24) is 0 Å². The Bertz CT molecular complexity index is 373. The van der Waals surface area contributed by atoms with E-state index in [0.29, 0.717) is 0 Å². The molecule has 0 radical (unpaired) electrons. The van der Waals surface area contributed by atoms with E-state index in [1.807, 2.05) is 0 Å². The molecule has 14 heavy (non-hydrogen) atoms. The van der Waals surface area contributed by atoms with Gasteiger partial charge in [0.15, 0.2) is 5.60 Å². The van der Waals surface area contributed by atoms with Gasteiger partial charge in [-0.3, -0.25) is 0 Å². The molecule has 1 unspecified atom stereocenters. The van der Waals surface area contributed by atoms with E-state index < -0.39 is 11.6 Å². The van der Waals surface area contributed by atoms with Gasteiger partial charge < -0.3 is 15.3 Å². The zero-order valence-corrected chi connectivity index (χ0v) is 8.12. The number of aromatic hydroxyl groups is 1. The molecule has 0 spiro atoms. The second kappa shape index (κ2) is 3.48. The Morgan fingerprint density at radius 1 is 1.50 bits per heavy atom. The van der Waals surface area contributed by atoms with Gasteiger partial charge in [0.25, 0.3) is 0 Å². The van der Waals surface area contributed by atoms with E-state index >= 15 is 0 Å². The lowest BCUT2D eigenvalue weighted by atomic mass is 9.95. The van der Waals surface area contributed by atoms with Crippen LogP contribution in [0, 0.1) is 0 Å². The van der Waals surface area contributed by atoms with Crippen molar-refractivity contribution in [3.05, 3.63) is 28.8 Å². The first-order valence-corrected chi connectivity index (χ1v) is 4.18. The number of hydrogen-bond donors (Lipinski definition) is 3. The maximum atomic E-state index is 10.7. The van der Waals surface area contributed by atoms with Crippen LogP contribution in [0.3, 0.4) is 0 Å². The number of halogens is 1. The van der Waals surface area contributed by atoms with Crippen molar-refractivity contribution in [1.29, 1.82) is 0 Å². The number of hydrogen-bond acceptors (Lipinski definition) is 3. The highest BCUT2D eigenvalue weighted by molar-refractivity contribution is 6.30. The number of phenolic OH excluding ortho intramolecular Hbond substituents is 1. The third-order valence-corrected chi connectivity index (χ3v) is 2.13. The number of phenols is 1. The van der Waals surface area contributed by atoms with Gasteiger partial charge in [0.1, 0.15) is 5.75 Å². The molecule has 0 heterocycles. The molecule has 0 saturated carbocycles. The van der Waals surface area contributed by atoms with E-state index in [-0.39, 0.29) is 16.3 Å². The first kappa shape index (κ1) is 10.8. The fraction of sp³-hybridized carbons (Fsp3) is 0.222. The number of aliphatic hydroxyl groups is 1. The number of carboxylic acid groups (broad SMARTS) is 1. The Balaban J connectivity index is 3.31. The van der Waals surface area contributed by atoms with Crippen LogP contribution in [0.4, 0.5) is 0 Å². The summed E-state index contributed by atoms with van der Waals surface area (Å²) in [5.74, 6) is -1.75. The zero-order valence-electron chi connectivity index (χ0n) is 7.36. The van der Waals surface area contributed by atoms with Crippen LogP contribution < -0.4 is 0 Å². The molecule has 1 atom stereocenters. The van der Waals surface area contributed by atoms with Gasteiger partial charge >= 0.3 is 5.97 Å². The smallest absolute Gasteiger partial charge is 0.340 e. The van der Waals surface area contributed by atoms with E-state index in [9.17, 15) is 15.0 Å². The Labute approximate surface area is 85.4 Å². The van der Waals surface area contributed by atoms with Crippen LogP contribution in [-0.4, -0.2) is 21.3 Å². The molecule has 0 aliphatic rings. The molecular formula is C9H9ClO4. The van der Waals surface area contributed by atoms with Crippen molar-refractivity contribution >= 4 is 17.6 Å². The van der Waals surface area contributed by atoms with E-state index in [0.717, 1.165) is 6.92 Å². The fourth-order valence-electron chi connectivity index (χ4n) is 1.01. The minimum Gasteiger partial charge on any atom is -0.508 e. The molecule has 0 amide bonds. The van der Waals surface area contributed by atoms with Gasteiger partial charge in [-0.25, -0.2) is 4.79 Å². The summed E-state index contributed by atoms with van der Waals surface area (Å²) in [7, 11) is 0. The van der Waals surface area contributed by atoms with E-state index in [1.54, 1.807) is 0 Å². The Hall–Kier alpha value is -1.26. The lowest BCUT2D eigenvalue weighted by Gasteiger charge is -2.19. The molecule has 0 aromatic heterocycles. The molecule has 5 heteroatoms. The van der Waals surface area contributed by atoms with Crippen molar-refractivity contribution < 1.29 is 20.1 Å². The highest BCUT2D eigenvalue weighted by Crippen LogP contribution is 2.31. The second-order valence-electron chi connectivity index (χ2n) is 3.04. The van der Waals surface area contributed by atoms with Crippen LogP contribution in [0.1, 0.15) is 12.5 Å². The lowest BCUT2D eigenvalue weighted by Crippen LogP contribution is -2.31. The maximum Gasteiger partial charge on any atom is 0.340 e. The summed E-state index contributed by atoms with van der Waals surface area (Å²) in [6.45, 7) is 1.07. The average Bonchev–Trinajstić information content (AvgIpc) is 2.08. The highest BCUT2D eigenvalue weighted by Gasteiger charge is 2.34. The third-order valence-electron chi connectivity index (χ3n) is 1.90. The van der Waals surface area contributed by atoms with E-state index in [2.05, 4.69) is 0 Å². The van der Waals surface area contributed by atoms with Gasteiger partial charge in [-0.1, -0.05) is 11.6 Å². The third kappa shape index (κ3) is 1.81. The minimum absolute atomic E-state index is 0.127. The zero-order chi connectivity index (χ0) is 10.9. The number of carboxylic acids is 1. The number of aliphatic carboxylic acids is 1. The second-order valence-corrected chi connectivity index (χ2v) is 3.48. The first-order valence-electron chi connectivity index (χ1n) is 3.80. The van der Waals surface area contributed by atoms with Crippen LogP contribution in [0.15, 0.2) is 18.2 Å². The summed E-state index contributed by atoms with van der Waals surface area (Å²) in [4.78, 5) is 10.7. The topological polar surface area (TPSA) is 77.8 Å². The SMILES string of the molecule is CC(O)(C(=O)O)c1cc(Cl)ccc1O. The van der Waals surface area contributed by atoms with Crippen molar-refractivity contribution in [2.75, 3.05) is 0 Å². The molecule has 1 aromatic rings. The normalized spacial score (nSPS) is 14.8. The molecular weight excluding hydrogens is 208 g/mol. The molecule has 1 rings (SSSR count). The quantitative estimate of drug-likeness (QED) is 0.697. The van der Waals surface area contributed by atoms with Crippen molar-refractivity contribution in [2.24, 2.45) is 0 Å². The van der Waals surface area contributed by atoms with Gasteiger partial charge in [-0.2, -0.15) is 0 Å². The van der Waals surface area contributed by atoms with Crippen LogP contribution in [0.2, 0.25) is 5.02 Å². The molecule has 0 saturated heterocycles. The summed E-state index contributed by atoms with van der Waals surface area (Å²) < 4.78 is 0. The molecule has 1 aromatic carbocycles. The summed E-state index contributed by atoms with van der Waals surface area (Å²) in [5, 5.41) is 27.8. The van der Waals surface area contributed by atoms with Gasteiger partial charge in [0, 0.05) is 10.6 Å². The van der Waals surface area contributed by atoms with Crippen molar-refractivity contribution in [2.45, 2.75) is 12.5 Å². The van der Waals surface area contributed by atoms with Gasteiger partial charge in [-0.05, 0) is 25.1 Å².